The SMILES string of the molecule is N#C[C@@H](N)c1cc([N+](=O)[O-])ccc1Oc1ccccc1. The van der Waals surface area contributed by atoms with Gasteiger partial charge in [-0.15, -0.1) is 0 Å². The first kappa shape index (κ1) is 13.5. The topological polar surface area (TPSA) is 102 Å². The molecule has 0 fully saturated rings. The van der Waals surface area contributed by atoms with Crippen LogP contribution >= 0.6 is 0 Å². The number of nitriles is 1. The summed E-state index contributed by atoms with van der Waals surface area (Å²) in [5.74, 6) is 0.892. The normalized spacial score (nSPS) is 11.4. The average Bonchev–Trinajstić information content (AvgIpc) is 2.47. The van der Waals surface area contributed by atoms with Crippen LogP contribution in [0.4, 0.5) is 5.69 Å². The lowest BCUT2D eigenvalue weighted by molar-refractivity contribution is -0.384. The first-order valence-electron chi connectivity index (χ1n) is 5.78. The molecule has 2 N–H and O–H groups in total. The first-order chi connectivity index (χ1) is 9.61. The fourth-order valence-corrected chi connectivity index (χ4v) is 1.67. The maximum atomic E-state index is 10.8. The van der Waals surface area contributed by atoms with E-state index < -0.39 is 11.0 Å². The minimum atomic E-state index is -0.992. The molecule has 2 rings (SSSR count). The number of ether oxygens (including phenoxy) is 1. The van der Waals surface area contributed by atoms with Gasteiger partial charge in [-0.3, -0.25) is 10.1 Å². The van der Waals surface area contributed by atoms with Gasteiger partial charge in [0.2, 0.25) is 0 Å². The van der Waals surface area contributed by atoms with Gasteiger partial charge in [0, 0.05) is 17.7 Å². The van der Waals surface area contributed by atoms with Crippen LogP contribution in [0.3, 0.4) is 0 Å². The highest BCUT2D eigenvalue weighted by atomic mass is 16.6. The van der Waals surface area contributed by atoms with Gasteiger partial charge in [0.15, 0.2) is 0 Å². The Bertz CT molecular complexity index is 665. The predicted octanol–water partition coefficient (Wildman–Crippen LogP) is 2.91. The number of hydrogen-bond acceptors (Lipinski definition) is 5. The molecule has 0 radical (unpaired) electrons. The third-order valence-electron chi connectivity index (χ3n) is 2.65. The van der Waals surface area contributed by atoms with Gasteiger partial charge in [0.1, 0.15) is 17.5 Å². The molecule has 1 atom stereocenters. The minimum absolute atomic E-state index is 0.133. The molecule has 0 saturated heterocycles. The number of nitrogens with zero attached hydrogens (tertiary/aromatic N) is 2. The van der Waals surface area contributed by atoms with Crippen molar-refractivity contribution in [2.45, 2.75) is 6.04 Å². The van der Waals surface area contributed by atoms with Gasteiger partial charge in [0.05, 0.1) is 11.0 Å². The van der Waals surface area contributed by atoms with Crippen molar-refractivity contribution in [1.29, 1.82) is 5.26 Å². The lowest BCUT2D eigenvalue weighted by atomic mass is 10.1. The van der Waals surface area contributed by atoms with E-state index in [0.717, 1.165) is 0 Å². The number of benzene rings is 2. The number of nitro groups is 1. The van der Waals surface area contributed by atoms with Crippen LogP contribution in [0.1, 0.15) is 11.6 Å². The van der Waals surface area contributed by atoms with Crippen molar-refractivity contribution in [3.05, 3.63) is 64.2 Å². The quantitative estimate of drug-likeness (QED) is 0.679. The van der Waals surface area contributed by atoms with Crippen molar-refractivity contribution >= 4 is 5.69 Å². The van der Waals surface area contributed by atoms with E-state index in [4.69, 9.17) is 15.7 Å². The Morgan fingerprint density at radius 3 is 2.55 bits per heavy atom. The van der Waals surface area contributed by atoms with Gasteiger partial charge >= 0.3 is 0 Å². The highest BCUT2D eigenvalue weighted by Gasteiger charge is 2.17. The third-order valence-corrected chi connectivity index (χ3v) is 2.65. The van der Waals surface area contributed by atoms with Gasteiger partial charge in [0.25, 0.3) is 5.69 Å². The molecule has 20 heavy (non-hydrogen) atoms. The monoisotopic (exact) mass is 269 g/mol. The van der Waals surface area contributed by atoms with Gasteiger partial charge < -0.3 is 10.5 Å². The first-order valence-corrected chi connectivity index (χ1v) is 5.78. The van der Waals surface area contributed by atoms with E-state index in [1.165, 1.54) is 18.2 Å². The van der Waals surface area contributed by atoms with Crippen LogP contribution in [-0.4, -0.2) is 4.92 Å². The smallest absolute Gasteiger partial charge is 0.270 e. The number of para-hydroxylation sites is 1. The highest BCUT2D eigenvalue weighted by Crippen LogP contribution is 2.31. The number of nitro benzene ring substituents is 1. The molecule has 0 amide bonds. The molecule has 100 valence electrons. The Morgan fingerprint density at radius 2 is 1.95 bits per heavy atom. The molecule has 2 aromatic carbocycles. The highest BCUT2D eigenvalue weighted by molar-refractivity contribution is 5.48. The molecule has 0 spiro atoms. The zero-order chi connectivity index (χ0) is 14.5. The van der Waals surface area contributed by atoms with Crippen LogP contribution < -0.4 is 10.5 Å². The van der Waals surface area contributed by atoms with Crippen molar-refractivity contribution in [2.75, 3.05) is 0 Å². The zero-order valence-corrected chi connectivity index (χ0v) is 10.4. The Balaban J connectivity index is 2.42. The average molecular weight is 269 g/mol. The number of hydrogen-bond donors (Lipinski definition) is 1. The summed E-state index contributed by atoms with van der Waals surface area (Å²) in [6.45, 7) is 0. The van der Waals surface area contributed by atoms with E-state index in [1.54, 1.807) is 24.3 Å². The van der Waals surface area contributed by atoms with Crippen molar-refractivity contribution in [2.24, 2.45) is 5.73 Å². The summed E-state index contributed by atoms with van der Waals surface area (Å²) in [4.78, 5) is 10.2. The van der Waals surface area contributed by atoms with E-state index in [-0.39, 0.29) is 11.3 Å². The zero-order valence-electron chi connectivity index (χ0n) is 10.4. The molecule has 0 aliphatic carbocycles. The Labute approximate surface area is 115 Å². The molecule has 0 unspecified atom stereocenters. The molecule has 0 aliphatic rings. The second-order valence-corrected chi connectivity index (χ2v) is 4.00. The van der Waals surface area contributed by atoms with E-state index in [1.807, 2.05) is 12.1 Å². The molecule has 0 saturated carbocycles. The molecule has 0 aromatic heterocycles. The van der Waals surface area contributed by atoms with E-state index in [0.29, 0.717) is 11.5 Å². The summed E-state index contributed by atoms with van der Waals surface area (Å²) in [5.41, 5.74) is 5.80. The summed E-state index contributed by atoms with van der Waals surface area (Å²) in [7, 11) is 0. The van der Waals surface area contributed by atoms with Crippen molar-refractivity contribution in [1.82, 2.24) is 0 Å². The molecule has 0 bridgehead atoms. The Kier molecular flexibility index (Phi) is 3.93. The lowest BCUT2D eigenvalue weighted by Crippen LogP contribution is -2.09. The Morgan fingerprint density at radius 1 is 1.25 bits per heavy atom. The minimum Gasteiger partial charge on any atom is -0.457 e. The van der Waals surface area contributed by atoms with E-state index in [9.17, 15) is 10.1 Å². The predicted molar refractivity (Wildman–Crippen MR) is 72.2 cm³/mol. The van der Waals surface area contributed by atoms with Crippen LogP contribution in [-0.2, 0) is 0 Å². The van der Waals surface area contributed by atoms with Crippen molar-refractivity contribution in [3.8, 4) is 17.6 Å². The molecule has 2 aromatic rings. The standard InChI is InChI=1S/C14H11N3O3/c15-9-13(16)12-8-10(17(18)19)6-7-14(12)20-11-4-2-1-3-5-11/h1-8,13H,16H2/t13-/m1/s1. The molecule has 6 heteroatoms. The van der Waals surface area contributed by atoms with Crippen LogP contribution in [0, 0.1) is 21.4 Å². The van der Waals surface area contributed by atoms with Gasteiger partial charge in [-0.05, 0) is 18.2 Å². The van der Waals surface area contributed by atoms with Gasteiger partial charge in [-0.25, -0.2) is 0 Å². The molecular weight excluding hydrogens is 258 g/mol. The van der Waals surface area contributed by atoms with Crippen LogP contribution in [0.2, 0.25) is 0 Å². The fraction of sp³-hybridized carbons (Fsp3) is 0.0714. The molecular formula is C14H11N3O3. The Hall–Kier alpha value is -2.91. The lowest BCUT2D eigenvalue weighted by Gasteiger charge is -2.12. The van der Waals surface area contributed by atoms with Crippen molar-refractivity contribution in [3.63, 3.8) is 0 Å². The largest absolute Gasteiger partial charge is 0.457 e. The van der Waals surface area contributed by atoms with Gasteiger partial charge in [-0.1, -0.05) is 18.2 Å². The second-order valence-electron chi connectivity index (χ2n) is 4.00. The van der Waals surface area contributed by atoms with Crippen LogP contribution in [0.25, 0.3) is 0 Å². The fourth-order valence-electron chi connectivity index (χ4n) is 1.67. The summed E-state index contributed by atoms with van der Waals surface area (Å²) < 4.78 is 5.61. The van der Waals surface area contributed by atoms with E-state index >= 15 is 0 Å². The molecule has 0 aliphatic heterocycles. The number of non-ortho nitro benzene ring substituents is 1. The van der Waals surface area contributed by atoms with Crippen molar-refractivity contribution < 1.29 is 9.66 Å². The summed E-state index contributed by atoms with van der Waals surface area (Å²) in [6.07, 6.45) is 0. The van der Waals surface area contributed by atoms with Crippen LogP contribution in [0.15, 0.2) is 48.5 Å². The van der Waals surface area contributed by atoms with E-state index in [2.05, 4.69) is 0 Å². The van der Waals surface area contributed by atoms with Crippen LogP contribution in [0.5, 0.6) is 11.5 Å². The second kappa shape index (κ2) is 5.82. The van der Waals surface area contributed by atoms with Gasteiger partial charge in [-0.2, -0.15) is 5.26 Å². The molecule has 6 nitrogen and oxygen atoms in total. The maximum absolute atomic E-state index is 10.8. The number of nitrogens with two attached hydrogens (primary N) is 1. The summed E-state index contributed by atoms with van der Waals surface area (Å²) >= 11 is 0. The maximum Gasteiger partial charge on any atom is 0.270 e. The summed E-state index contributed by atoms with van der Waals surface area (Å²) in [5, 5.41) is 19.7. The third kappa shape index (κ3) is 2.91. The number of rotatable bonds is 4. The molecule has 0 heterocycles. The summed E-state index contributed by atoms with van der Waals surface area (Å²) in [6, 6.07) is 13.8.